The molecule has 4 aromatic rings. The number of nitrogens with one attached hydrogen (secondary N) is 1. The molecule has 2 saturated heterocycles. The Morgan fingerprint density at radius 1 is 1.11 bits per heavy atom. The maximum absolute atomic E-state index is 12.1. The number of fused-ring (bicyclic) bond motifs is 3. The number of aromatic nitrogens is 4. The number of rotatable bonds is 6. The largest absolute Gasteiger partial charge is 0.349 e. The average molecular weight is 515 g/mol. The van der Waals surface area contributed by atoms with Crippen LogP contribution in [0.25, 0.3) is 20.8 Å². The molecule has 0 radical (unpaired) electrons. The third-order valence-corrected chi connectivity index (χ3v) is 8.23. The van der Waals surface area contributed by atoms with Crippen molar-refractivity contribution in [2.45, 2.75) is 31.8 Å². The lowest BCUT2D eigenvalue weighted by molar-refractivity contribution is -0.127. The second kappa shape index (κ2) is 9.35. The van der Waals surface area contributed by atoms with Crippen LogP contribution in [0.15, 0.2) is 42.6 Å². The van der Waals surface area contributed by atoms with Gasteiger partial charge in [-0.1, -0.05) is 18.2 Å². The minimum Gasteiger partial charge on any atom is -0.349 e. The highest BCUT2D eigenvalue weighted by Gasteiger charge is 2.42. The van der Waals surface area contributed by atoms with Gasteiger partial charge in [-0.3, -0.25) is 9.69 Å². The molecule has 0 saturated carbocycles. The van der Waals surface area contributed by atoms with E-state index in [2.05, 4.69) is 27.1 Å². The summed E-state index contributed by atoms with van der Waals surface area (Å²) in [6.45, 7) is 4.03. The van der Waals surface area contributed by atoms with E-state index in [0.29, 0.717) is 24.3 Å². The number of nitrogens with zero attached hydrogens (tertiary/aromatic N) is 7. The van der Waals surface area contributed by atoms with Crippen molar-refractivity contribution in [2.75, 3.05) is 44.4 Å². The number of aryl methyl sites for hydroxylation is 1. The molecule has 5 heterocycles. The fourth-order valence-electron chi connectivity index (χ4n) is 5.16. The molecule has 1 unspecified atom stereocenters. The van der Waals surface area contributed by atoms with Crippen molar-refractivity contribution in [3.8, 4) is 10.6 Å². The van der Waals surface area contributed by atoms with Crippen LogP contribution in [0.3, 0.4) is 0 Å². The molecule has 190 valence electrons. The van der Waals surface area contributed by atoms with E-state index in [-0.39, 0.29) is 5.91 Å². The molecule has 37 heavy (non-hydrogen) atoms. The van der Waals surface area contributed by atoms with Gasteiger partial charge in [-0.15, -0.1) is 11.3 Å². The van der Waals surface area contributed by atoms with Crippen molar-refractivity contribution in [2.24, 2.45) is 0 Å². The van der Waals surface area contributed by atoms with Crippen LogP contribution in [0.2, 0.25) is 0 Å². The molecule has 2 aliphatic rings. The summed E-state index contributed by atoms with van der Waals surface area (Å²) in [5, 5.41) is 4.27. The molecule has 6 rings (SSSR count). The number of thiazole rings is 1. The van der Waals surface area contributed by atoms with Gasteiger partial charge in [-0.05, 0) is 32.0 Å². The zero-order valence-electron chi connectivity index (χ0n) is 21.5. The van der Waals surface area contributed by atoms with Crippen molar-refractivity contribution in [3.05, 3.63) is 53.9 Å². The summed E-state index contributed by atoms with van der Waals surface area (Å²) in [5.74, 6) is 2.29. The van der Waals surface area contributed by atoms with Gasteiger partial charge >= 0.3 is 0 Å². The number of anilines is 3. The Morgan fingerprint density at radius 3 is 2.73 bits per heavy atom. The van der Waals surface area contributed by atoms with Gasteiger partial charge in [0, 0.05) is 68.9 Å². The average Bonchev–Trinajstić information content (AvgIpc) is 3.57. The standard InChI is InChI=1S/C27H30N8OS/c1-16-8-24(32-27(29-16)35-15-19-11-20(35)14-34(19)4)31-23-12-21-22(13-28-23)37-26(30-21)18-7-5-6-17(9-18)10-25(36)33(2)3/h5-9,12-13,19-20H,10-11,14-15H2,1-4H3,(H,28,29,31,32)/t19-,20?/m0/s1. The zero-order valence-corrected chi connectivity index (χ0v) is 22.3. The molecule has 9 nitrogen and oxygen atoms in total. The van der Waals surface area contributed by atoms with E-state index >= 15 is 0 Å². The summed E-state index contributed by atoms with van der Waals surface area (Å²) in [6, 6.07) is 13.0. The van der Waals surface area contributed by atoms with Crippen LogP contribution < -0.4 is 10.2 Å². The Bertz CT molecular complexity index is 1480. The molecule has 2 bridgehead atoms. The number of hydrogen-bond donors (Lipinski definition) is 1. The van der Waals surface area contributed by atoms with E-state index in [1.165, 1.54) is 6.42 Å². The van der Waals surface area contributed by atoms with Crippen molar-refractivity contribution < 1.29 is 4.79 Å². The topological polar surface area (TPSA) is 90.4 Å². The summed E-state index contributed by atoms with van der Waals surface area (Å²) < 4.78 is 1.01. The van der Waals surface area contributed by atoms with E-state index in [4.69, 9.17) is 15.0 Å². The molecular formula is C27H30N8OS. The minimum atomic E-state index is 0.0778. The van der Waals surface area contributed by atoms with E-state index in [9.17, 15) is 4.79 Å². The second-order valence-electron chi connectivity index (χ2n) is 10.2. The van der Waals surface area contributed by atoms with Gasteiger partial charge in [0.1, 0.15) is 16.6 Å². The van der Waals surface area contributed by atoms with Crippen LogP contribution in [-0.4, -0.2) is 82.0 Å². The third-order valence-electron chi connectivity index (χ3n) is 7.17. The molecule has 1 amide bonds. The maximum Gasteiger partial charge on any atom is 0.227 e. The Kier molecular flexibility index (Phi) is 6.00. The molecule has 1 aromatic carbocycles. The van der Waals surface area contributed by atoms with Crippen LogP contribution in [0, 0.1) is 6.92 Å². The number of piperazine rings is 1. The van der Waals surface area contributed by atoms with E-state index < -0.39 is 0 Å². The molecule has 10 heteroatoms. The van der Waals surface area contributed by atoms with Crippen LogP contribution in [0.1, 0.15) is 17.7 Å². The first-order chi connectivity index (χ1) is 17.8. The lowest BCUT2D eigenvalue weighted by Gasteiger charge is -2.32. The number of benzene rings is 1. The molecule has 2 aliphatic heterocycles. The second-order valence-corrected chi connectivity index (χ2v) is 11.2. The number of likely N-dealkylation sites (tertiary alicyclic amines) is 1. The molecule has 0 spiro atoms. The first kappa shape index (κ1) is 23.7. The fourth-order valence-corrected chi connectivity index (χ4v) is 6.07. The van der Waals surface area contributed by atoms with Crippen LogP contribution in [-0.2, 0) is 11.2 Å². The fraction of sp³-hybridized carbons (Fsp3) is 0.370. The number of likely N-dealkylation sites (N-methyl/N-ethyl adjacent to an activating group) is 2. The molecule has 2 atom stereocenters. The number of hydrogen-bond acceptors (Lipinski definition) is 9. The Labute approximate surface area is 220 Å². The predicted octanol–water partition coefficient (Wildman–Crippen LogP) is 3.72. The summed E-state index contributed by atoms with van der Waals surface area (Å²) in [5.41, 5.74) is 3.77. The monoisotopic (exact) mass is 514 g/mol. The number of amides is 1. The normalized spacial score (nSPS) is 19.1. The highest BCUT2D eigenvalue weighted by Crippen LogP contribution is 2.34. The smallest absolute Gasteiger partial charge is 0.227 e. The van der Waals surface area contributed by atoms with E-state index in [1.54, 1.807) is 30.3 Å². The van der Waals surface area contributed by atoms with Gasteiger partial charge in [0.2, 0.25) is 11.9 Å². The maximum atomic E-state index is 12.1. The number of carbonyl (C=O) groups excluding carboxylic acids is 1. The highest BCUT2D eigenvalue weighted by molar-refractivity contribution is 7.21. The summed E-state index contributed by atoms with van der Waals surface area (Å²) in [4.78, 5) is 37.6. The van der Waals surface area contributed by atoms with Gasteiger partial charge in [0.25, 0.3) is 0 Å². The molecule has 0 aliphatic carbocycles. The summed E-state index contributed by atoms with van der Waals surface area (Å²) in [6.07, 6.45) is 3.40. The Morgan fingerprint density at radius 2 is 1.97 bits per heavy atom. The lowest BCUT2D eigenvalue weighted by Crippen LogP contribution is -2.45. The van der Waals surface area contributed by atoms with Crippen LogP contribution in [0.4, 0.5) is 17.6 Å². The summed E-state index contributed by atoms with van der Waals surface area (Å²) >= 11 is 1.59. The van der Waals surface area contributed by atoms with Gasteiger partial charge in [-0.2, -0.15) is 4.98 Å². The van der Waals surface area contributed by atoms with Gasteiger partial charge < -0.3 is 15.1 Å². The van der Waals surface area contributed by atoms with E-state index in [1.807, 2.05) is 49.5 Å². The first-order valence-electron chi connectivity index (χ1n) is 12.5. The minimum absolute atomic E-state index is 0.0778. The molecule has 1 N–H and O–H groups in total. The predicted molar refractivity (Wildman–Crippen MR) is 147 cm³/mol. The Balaban J connectivity index is 1.22. The summed E-state index contributed by atoms with van der Waals surface area (Å²) in [7, 11) is 5.74. The highest BCUT2D eigenvalue weighted by atomic mass is 32.1. The quantitative estimate of drug-likeness (QED) is 0.416. The van der Waals surface area contributed by atoms with Crippen molar-refractivity contribution in [1.29, 1.82) is 0 Å². The van der Waals surface area contributed by atoms with Crippen molar-refractivity contribution >= 4 is 45.0 Å². The van der Waals surface area contributed by atoms with Crippen LogP contribution >= 0.6 is 11.3 Å². The van der Waals surface area contributed by atoms with Gasteiger partial charge in [-0.25, -0.2) is 15.0 Å². The van der Waals surface area contributed by atoms with E-state index in [0.717, 1.165) is 56.9 Å². The van der Waals surface area contributed by atoms with Crippen LogP contribution in [0.5, 0.6) is 0 Å². The van der Waals surface area contributed by atoms with Crippen molar-refractivity contribution in [3.63, 3.8) is 0 Å². The Hall–Kier alpha value is -3.63. The molecular weight excluding hydrogens is 484 g/mol. The van der Waals surface area contributed by atoms with Gasteiger partial charge in [0.15, 0.2) is 0 Å². The van der Waals surface area contributed by atoms with Gasteiger partial charge in [0.05, 0.1) is 16.6 Å². The number of pyridine rings is 1. The van der Waals surface area contributed by atoms with Crippen molar-refractivity contribution in [1.82, 2.24) is 29.7 Å². The SMILES string of the molecule is Cc1cc(Nc2cc3nc(-c4cccc(CC(=O)N(C)C)c4)sc3cn2)nc(N2C[C@@H]3CC2CN3C)n1. The molecule has 2 fully saturated rings. The number of carbonyl (C=O) groups is 1. The third kappa shape index (κ3) is 4.74. The molecule has 3 aromatic heterocycles. The first-order valence-corrected chi connectivity index (χ1v) is 13.3. The zero-order chi connectivity index (χ0) is 25.7. The lowest BCUT2D eigenvalue weighted by atomic mass is 10.1.